The third-order valence-electron chi connectivity index (χ3n) is 2.65. The van der Waals surface area contributed by atoms with E-state index in [4.69, 9.17) is 14.4 Å². The minimum Gasteiger partial charge on any atom is -0.465 e. The molecule has 0 bridgehead atoms. The molecule has 0 saturated carbocycles. The van der Waals surface area contributed by atoms with Gasteiger partial charge in [0, 0.05) is 0 Å². The molecule has 0 unspecified atom stereocenters. The molecule has 1 aromatic heterocycles. The third kappa shape index (κ3) is 3.15. The number of carbonyl (C=O) groups is 1. The van der Waals surface area contributed by atoms with Gasteiger partial charge in [0.2, 0.25) is 0 Å². The maximum atomic E-state index is 12.0. The van der Waals surface area contributed by atoms with Crippen molar-refractivity contribution in [2.75, 3.05) is 6.61 Å². The van der Waals surface area contributed by atoms with E-state index in [0.29, 0.717) is 29.1 Å². The molecule has 4 heteroatoms. The van der Waals surface area contributed by atoms with Crippen molar-refractivity contribution in [2.24, 2.45) is 0 Å². The molecule has 4 nitrogen and oxygen atoms in total. The van der Waals surface area contributed by atoms with Crippen LogP contribution in [0.3, 0.4) is 0 Å². The molecule has 0 saturated heterocycles. The van der Waals surface area contributed by atoms with Crippen molar-refractivity contribution < 1.29 is 13.9 Å². The molecule has 1 heterocycles. The number of esters is 1. The Labute approximate surface area is 116 Å². The van der Waals surface area contributed by atoms with Crippen molar-refractivity contribution in [3.63, 3.8) is 0 Å². The second-order valence-corrected chi connectivity index (χ2v) is 3.98. The van der Waals surface area contributed by atoms with Crippen molar-refractivity contribution in [3.05, 3.63) is 59.5 Å². The summed E-state index contributed by atoms with van der Waals surface area (Å²) < 4.78 is 10.3. The molecule has 1 aromatic carbocycles. The van der Waals surface area contributed by atoms with E-state index in [1.165, 1.54) is 6.26 Å². The van der Waals surface area contributed by atoms with E-state index in [1.54, 1.807) is 49.4 Å². The van der Waals surface area contributed by atoms with Gasteiger partial charge in [-0.15, -0.1) is 0 Å². The maximum absolute atomic E-state index is 12.0. The predicted octanol–water partition coefficient (Wildman–Crippen LogP) is 3.25. The van der Waals surface area contributed by atoms with Gasteiger partial charge in [-0.2, -0.15) is 5.26 Å². The fourth-order valence-electron chi connectivity index (χ4n) is 1.71. The second-order valence-electron chi connectivity index (χ2n) is 3.98. The van der Waals surface area contributed by atoms with Crippen LogP contribution in [0.2, 0.25) is 0 Å². The first-order chi connectivity index (χ1) is 9.74. The predicted molar refractivity (Wildman–Crippen MR) is 74.4 cm³/mol. The Morgan fingerprint density at radius 1 is 1.35 bits per heavy atom. The van der Waals surface area contributed by atoms with Gasteiger partial charge < -0.3 is 9.15 Å². The number of rotatable bonds is 4. The lowest BCUT2D eigenvalue weighted by Gasteiger charge is -2.07. The molecule has 0 amide bonds. The molecule has 0 fully saturated rings. The third-order valence-corrected chi connectivity index (χ3v) is 2.65. The smallest absolute Gasteiger partial charge is 0.338 e. The number of hydrogen-bond acceptors (Lipinski definition) is 4. The quantitative estimate of drug-likeness (QED) is 0.630. The first kappa shape index (κ1) is 13.6. The number of nitrogens with zero attached hydrogens (tertiary/aromatic N) is 1. The molecule has 0 spiro atoms. The Bertz CT molecular complexity index is 646. The van der Waals surface area contributed by atoms with Gasteiger partial charge in [0.25, 0.3) is 0 Å². The summed E-state index contributed by atoms with van der Waals surface area (Å²) in [7, 11) is 0. The van der Waals surface area contributed by atoms with Crippen LogP contribution in [0.5, 0.6) is 0 Å². The van der Waals surface area contributed by atoms with Crippen LogP contribution in [0, 0.1) is 11.3 Å². The lowest BCUT2D eigenvalue weighted by molar-refractivity contribution is -0.136. The van der Waals surface area contributed by atoms with Gasteiger partial charge >= 0.3 is 5.97 Å². The number of furan rings is 1. The number of carbonyl (C=O) groups excluding carboxylic acids is 1. The van der Waals surface area contributed by atoms with Gasteiger partial charge in [0.1, 0.15) is 5.76 Å². The Balaban J connectivity index is 2.40. The first-order valence-corrected chi connectivity index (χ1v) is 6.17. The Hall–Kier alpha value is -2.80. The zero-order valence-corrected chi connectivity index (χ0v) is 11.0. The molecular weight excluding hydrogens is 254 g/mol. The topological polar surface area (TPSA) is 63.2 Å². The number of benzene rings is 1. The lowest BCUT2D eigenvalue weighted by atomic mass is 10.0. The minimum absolute atomic E-state index is 0.296. The number of hydrogen-bond donors (Lipinski definition) is 0. The van der Waals surface area contributed by atoms with Crippen LogP contribution in [0.1, 0.15) is 23.8 Å². The molecular formula is C16H13NO3. The maximum Gasteiger partial charge on any atom is 0.338 e. The Morgan fingerprint density at radius 2 is 2.10 bits per heavy atom. The van der Waals surface area contributed by atoms with Crippen LogP contribution < -0.4 is 0 Å². The van der Waals surface area contributed by atoms with Gasteiger partial charge in [-0.3, -0.25) is 0 Å². The molecule has 0 aliphatic carbocycles. The summed E-state index contributed by atoms with van der Waals surface area (Å²) in [6, 6.07) is 12.3. The fourth-order valence-corrected chi connectivity index (χ4v) is 1.71. The van der Waals surface area contributed by atoms with Crippen molar-refractivity contribution >= 4 is 17.6 Å². The Morgan fingerprint density at radius 3 is 2.65 bits per heavy atom. The van der Waals surface area contributed by atoms with E-state index in [-0.39, 0.29) is 0 Å². The normalized spacial score (nSPS) is 10.9. The SMILES string of the molecule is CCOC(=O)/C(=C/c1ccco1)c1ccc(C#N)cc1. The van der Waals surface area contributed by atoms with Crippen molar-refractivity contribution in [2.45, 2.75) is 6.92 Å². The summed E-state index contributed by atoms with van der Waals surface area (Å²) in [6.07, 6.45) is 3.16. The molecule has 0 N–H and O–H groups in total. The number of nitriles is 1. The van der Waals surface area contributed by atoms with E-state index in [2.05, 4.69) is 0 Å². The van der Waals surface area contributed by atoms with Crippen molar-refractivity contribution in [3.8, 4) is 6.07 Å². The molecule has 0 aliphatic heterocycles. The van der Waals surface area contributed by atoms with Crippen molar-refractivity contribution in [1.82, 2.24) is 0 Å². The second kappa shape index (κ2) is 6.39. The molecule has 0 radical (unpaired) electrons. The average Bonchev–Trinajstić information content (AvgIpc) is 2.98. The summed E-state index contributed by atoms with van der Waals surface area (Å²) in [5.74, 6) is 0.144. The van der Waals surface area contributed by atoms with E-state index in [1.807, 2.05) is 6.07 Å². The molecule has 100 valence electrons. The summed E-state index contributed by atoms with van der Waals surface area (Å²) in [4.78, 5) is 12.0. The van der Waals surface area contributed by atoms with Crippen LogP contribution in [0.4, 0.5) is 0 Å². The standard InChI is InChI=1S/C16H13NO3/c1-2-19-16(18)15(10-14-4-3-9-20-14)13-7-5-12(11-17)6-8-13/h3-10H,2H2,1H3/b15-10+. The Kier molecular flexibility index (Phi) is 4.35. The summed E-state index contributed by atoms with van der Waals surface area (Å²) in [5.41, 5.74) is 1.61. The highest BCUT2D eigenvalue weighted by molar-refractivity contribution is 6.21. The zero-order chi connectivity index (χ0) is 14.4. The van der Waals surface area contributed by atoms with Crippen LogP contribution in [-0.2, 0) is 9.53 Å². The van der Waals surface area contributed by atoms with E-state index in [9.17, 15) is 4.79 Å². The van der Waals surface area contributed by atoms with E-state index < -0.39 is 5.97 Å². The highest BCUT2D eigenvalue weighted by Crippen LogP contribution is 2.20. The molecule has 2 aromatic rings. The van der Waals surface area contributed by atoms with Crippen LogP contribution in [-0.4, -0.2) is 12.6 Å². The molecule has 0 atom stereocenters. The highest BCUT2D eigenvalue weighted by Gasteiger charge is 2.14. The fraction of sp³-hybridized carbons (Fsp3) is 0.125. The van der Waals surface area contributed by atoms with Gasteiger partial charge in [-0.25, -0.2) is 4.79 Å². The van der Waals surface area contributed by atoms with Gasteiger partial charge in [0.05, 0.1) is 30.1 Å². The minimum atomic E-state index is -0.423. The van der Waals surface area contributed by atoms with Gasteiger partial charge in [-0.05, 0) is 42.8 Å². The molecule has 0 aliphatic rings. The summed E-state index contributed by atoms with van der Waals surface area (Å²) >= 11 is 0. The largest absolute Gasteiger partial charge is 0.465 e. The monoisotopic (exact) mass is 267 g/mol. The summed E-state index contributed by atoms with van der Waals surface area (Å²) in [6.45, 7) is 2.05. The van der Waals surface area contributed by atoms with Gasteiger partial charge in [-0.1, -0.05) is 12.1 Å². The zero-order valence-electron chi connectivity index (χ0n) is 11.0. The molecule has 20 heavy (non-hydrogen) atoms. The van der Waals surface area contributed by atoms with E-state index in [0.717, 1.165) is 0 Å². The molecule has 2 rings (SSSR count). The van der Waals surface area contributed by atoms with Gasteiger partial charge in [0.15, 0.2) is 0 Å². The average molecular weight is 267 g/mol. The lowest BCUT2D eigenvalue weighted by Crippen LogP contribution is -2.06. The highest BCUT2D eigenvalue weighted by atomic mass is 16.5. The van der Waals surface area contributed by atoms with Crippen molar-refractivity contribution in [1.29, 1.82) is 5.26 Å². The first-order valence-electron chi connectivity index (χ1n) is 6.17. The van der Waals surface area contributed by atoms with E-state index >= 15 is 0 Å². The van der Waals surface area contributed by atoms with Crippen LogP contribution >= 0.6 is 0 Å². The number of ether oxygens (including phenoxy) is 1. The van der Waals surface area contributed by atoms with Crippen LogP contribution in [0.15, 0.2) is 47.1 Å². The van der Waals surface area contributed by atoms with Crippen LogP contribution in [0.25, 0.3) is 11.6 Å². The summed E-state index contributed by atoms with van der Waals surface area (Å²) in [5, 5.41) is 8.80.